The summed E-state index contributed by atoms with van der Waals surface area (Å²) in [5.41, 5.74) is 6.48. The first-order valence-electron chi connectivity index (χ1n) is 8.87. The number of likely N-dealkylation sites (tertiary alicyclic amines) is 1. The Labute approximate surface area is 172 Å². The quantitative estimate of drug-likeness (QED) is 0.480. The topological polar surface area (TPSA) is 84.7 Å². The highest BCUT2D eigenvalue weighted by atomic mass is 35.5. The van der Waals surface area contributed by atoms with Crippen LogP contribution in [0.1, 0.15) is 24.8 Å². The van der Waals surface area contributed by atoms with E-state index < -0.39 is 43.0 Å². The molecule has 1 aliphatic heterocycles. The molecule has 29 heavy (non-hydrogen) atoms. The molecular weight excluding hydrogens is 418 g/mol. The van der Waals surface area contributed by atoms with Gasteiger partial charge in [-0.3, -0.25) is 4.79 Å². The Morgan fingerprint density at radius 2 is 1.69 bits per heavy atom. The van der Waals surface area contributed by atoms with Crippen LogP contribution in [0.4, 0.5) is 22.4 Å². The standard InChI is InChI=1S/C18H23F4N3O3.ClH/c19-17(20)11-25(12-18(17,21)22)15(26)14(23)8-4-5-9-24-16(27)28-10-13-6-2-1-3-7-13;/h1-3,6-7,14H,4-5,8-12,23H2,(H,24,27);1H. The zero-order chi connectivity index (χ0) is 20.8. The predicted molar refractivity (Wildman–Crippen MR) is 100 cm³/mol. The Hall–Kier alpha value is -2.07. The van der Waals surface area contributed by atoms with Crippen molar-refractivity contribution >= 4 is 24.4 Å². The smallest absolute Gasteiger partial charge is 0.407 e. The normalized spacial score (nSPS) is 17.9. The highest BCUT2D eigenvalue weighted by Crippen LogP contribution is 2.41. The van der Waals surface area contributed by atoms with Gasteiger partial charge in [0, 0.05) is 6.54 Å². The molecule has 2 amide bonds. The van der Waals surface area contributed by atoms with Gasteiger partial charge in [-0.2, -0.15) is 17.6 Å². The number of nitrogens with zero attached hydrogens (tertiary/aromatic N) is 1. The van der Waals surface area contributed by atoms with Gasteiger partial charge >= 0.3 is 17.9 Å². The van der Waals surface area contributed by atoms with E-state index in [2.05, 4.69) is 5.32 Å². The minimum atomic E-state index is -4.24. The third-order valence-corrected chi connectivity index (χ3v) is 4.37. The van der Waals surface area contributed by atoms with Gasteiger partial charge in [0.1, 0.15) is 6.61 Å². The summed E-state index contributed by atoms with van der Waals surface area (Å²) >= 11 is 0. The van der Waals surface area contributed by atoms with Gasteiger partial charge in [-0.15, -0.1) is 12.4 Å². The summed E-state index contributed by atoms with van der Waals surface area (Å²) in [5.74, 6) is -9.41. The zero-order valence-corrected chi connectivity index (χ0v) is 16.4. The molecule has 1 unspecified atom stereocenters. The van der Waals surface area contributed by atoms with Gasteiger partial charge in [0.05, 0.1) is 19.1 Å². The number of ether oxygens (including phenoxy) is 1. The maximum Gasteiger partial charge on any atom is 0.407 e. The second-order valence-corrected chi connectivity index (χ2v) is 6.69. The summed E-state index contributed by atoms with van der Waals surface area (Å²) < 4.78 is 57.7. The SMILES string of the molecule is Cl.NC(CCCCNC(=O)OCc1ccccc1)C(=O)N1CC(F)(F)C(F)(F)C1. The number of halogens is 5. The second kappa shape index (κ2) is 10.6. The summed E-state index contributed by atoms with van der Waals surface area (Å²) in [6.07, 6.45) is 0.416. The van der Waals surface area contributed by atoms with Gasteiger partial charge in [0.15, 0.2) is 0 Å². The molecule has 6 nitrogen and oxygen atoms in total. The Morgan fingerprint density at radius 3 is 2.28 bits per heavy atom. The molecule has 0 radical (unpaired) electrons. The van der Waals surface area contributed by atoms with Crippen molar-refractivity contribution in [1.82, 2.24) is 10.2 Å². The third-order valence-electron chi connectivity index (χ3n) is 4.37. The first kappa shape index (κ1) is 25.0. The second-order valence-electron chi connectivity index (χ2n) is 6.69. The van der Waals surface area contributed by atoms with Gasteiger partial charge in [-0.1, -0.05) is 30.3 Å². The number of carbonyl (C=O) groups is 2. The van der Waals surface area contributed by atoms with E-state index >= 15 is 0 Å². The van der Waals surface area contributed by atoms with Crippen LogP contribution in [0.5, 0.6) is 0 Å². The number of benzene rings is 1. The number of nitrogens with one attached hydrogen (secondary N) is 1. The molecule has 11 heteroatoms. The van der Waals surface area contributed by atoms with E-state index in [1.807, 2.05) is 30.3 Å². The number of carbonyl (C=O) groups excluding carboxylic acids is 2. The van der Waals surface area contributed by atoms with Crippen molar-refractivity contribution in [2.24, 2.45) is 5.73 Å². The highest BCUT2D eigenvalue weighted by molar-refractivity contribution is 5.85. The summed E-state index contributed by atoms with van der Waals surface area (Å²) in [6.45, 7) is -2.26. The van der Waals surface area contributed by atoms with Gasteiger partial charge in [0.2, 0.25) is 5.91 Å². The van der Waals surface area contributed by atoms with Crippen LogP contribution in [0.2, 0.25) is 0 Å². The largest absolute Gasteiger partial charge is 0.445 e. The fraction of sp³-hybridized carbons (Fsp3) is 0.556. The van der Waals surface area contributed by atoms with Crippen LogP contribution in [0.15, 0.2) is 30.3 Å². The van der Waals surface area contributed by atoms with E-state index in [9.17, 15) is 27.2 Å². The van der Waals surface area contributed by atoms with Crippen molar-refractivity contribution in [3.8, 4) is 0 Å². The maximum atomic E-state index is 13.2. The monoisotopic (exact) mass is 441 g/mol. The summed E-state index contributed by atoms with van der Waals surface area (Å²) in [5, 5.41) is 2.54. The molecule has 3 N–H and O–H groups in total. The van der Waals surface area contributed by atoms with Crippen LogP contribution < -0.4 is 11.1 Å². The summed E-state index contributed by atoms with van der Waals surface area (Å²) in [4.78, 5) is 23.9. The molecule has 0 bridgehead atoms. The van der Waals surface area contributed by atoms with Crippen LogP contribution in [0.25, 0.3) is 0 Å². The lowest BCUT2D eigenvalue weighted by Gasteiger charge is -2.19. The summed E-state index contributed by atoms with van der Waals surface area (Å²) in [6, 6.07) is 7.99. The van der Waals surface area contributed by atoms with Gasteiger partial charge in [-0.05, 0) is 24.8 Å². The number of unbranched alkanes of at least 4 members (excludes halogenated alkanes) is 1. The molecule has 1 saturated heterocycles. The number of alkyl carbamates (subject to hydrolysis) is 1. The first-order chi connectivity index (χ1) is 13.1. The van der Waals surface area contributed by atoms with Gasteiger partial charge in [0.25, 0.3) is 0 Å². The molecule has 2 rings (SSSR count). The van der Waals surface area contributed by atoms with E-state index in [1.165, 1.54) is 0 Å². The Bertz CT molecular complexity index is 664. The molecule has 0 saturated carbocycles. The molecule has 1 aromatic rings. The van der Waals surface area contributed by atoms with E-state index in [0.29, 0.717) is 17.7 Å². The first-order valence-corrected chi connectivity index (χ1v) is 8.87. The van der Waals surface area contributed by atoms with Crippen LogP contribution in [-0.2, 0) is 16.1 Å². The maximum absolute atomic E-state index is 13.2. The van der Waals surface area contributed by atoms with Crippen molar-refractivity contribution in [2.45, 2.75) is 43.8 Å². The number of amides is 2. The van der Waals surface area contributed by atoms with Gasteiger partial charge in [-0.25, -0.2) is 4.79 Å². The number of hydrogen-bond acceptors (Lipinski definition) is 4. The lowest BCUT2D eigenvalue weighted by Crippen LogP contribution is -2.43. The van der Waals surface area contributed by atoms with Crippen molar-refractivity contribution in [2.75, 3.05) is 19.6 Å². The Balaban J connectivity index is 0.00000420. The Kier molecular flexibility index (Phi) is 9.15. The molecule has 164 valence electrons. The minimum absolute atomic E-state index is 0. The molecule has 1 aliphatic rings. The van der Waals surface area contributed by atoms with Crippen LogP contribution in [0.3, 0.4) is 0 Å². The fourth-order valence-electron chi connectivity index (χ4n) is 2.73. The molecule has 1 fully saturated rings. The zero-order valence-electron chi connectivity index (χ0n) is 15.6. The molecular formula is C18H24ClF4N3O3. The Morgan fingerprint density at radius 1 is 1.10 bits per heavy atom. The minimum Gasteiger partial charge on any atom is -0.445 e. The molecule has 0 aromatic heterocycles. The highest BCUT2D eigenvalue weighted by Gasteiger charge is 2.64. The molecule has 1 heterocycles. The van der Waals surface area contributed by atoms with Gasteiger partial charge < -0.3 is 20.7 Å². The van der Waals surface area contributed by atoms with Crippen molar-refractivity contribution < 1.29 is 31.9 Å². The predicted octanol–water partition coefficient (Wildman–Crippen LogP) is 2.95. The number of nitrogens with two attached hydrogens (primary N) is 1. The van der Waals surface area contributed by atoms with Crippen molar-refractivity contribution in [1.29, 1.82) is 0 Å². The molecule has 0 aliphatic carbocycles. The third kappa shape index (κ3) is 7.04. The van der Waals surface area contributed by atoms with Crippen molar-refractivity contribution in [3.63, 3.8) is 0 Å². The lowest BCUT2D eigenvalue weighted by molar-refractivity contribution is -0.172. The van der Waals surface area contributed by atoms with Crippen molar-refractivity contribution in [3.05, 3.63) is 35.9 Å². The van der Waals surface area contributed by atoms with Crippen LogP contribution in [-0.4, -0.2) is 54.4 Å². The average Bonchev–Trinajstić information content (AvgIpc) is 2.87. The number of hydrogen-bond donors (Lipinski definition) is 2. The molecule has 1 aromatic carbocycles. The van der Waals surface area contributed by atoms with E-state index in [4.69, 9.17) is 10.5 Å². The average molecular weight is 442 g/mol. The molecule has 0 spiro atoms. The fourth-order valence-corrected chi connectivity index (χ4v) is 2.73. The summed E-state index contributed by atoms with van der Waals surface area (Å²) in [7, 11) is 0. The van der Waals surface area contributed by atoms with E-state index in [0.717, 1.165) is 5.56 Å². The van der Waals surface area contributed by atoms with Crippen LogP contribution >= 0.6 is 12.4 Å². The van der Waals surface area contributed by atoms with E-state index in [1.54, 1.807) is 0 Å². The number of rotatable bonds is 8. The number of alkyl halides is 4. The van der Waals surface area contributed by atoms with Crippen LogP contribution in [0, 0.1) is 0 Å². The molecule has 1 atom stereocenters. The lowest BCUT2D eigenvalue weighted by atomic mass is 10.1. The van der Waals surface area contributed by atoms with E-state index in [-0.39, 0.29) is 32.0 Å².